The van der Waals surface area contributed by atoms with E-state index in [2.05, 4.69) is 26.5 Å². The number of amides is 1. The number of nitrogens with zero attached hydrogens (tertiary/aromatic N) is 6. The van der Waals surface area contributed by atoms with E-state index in [1.807, 2.05) is 37.5 Å². The van der Waals surface area contributed by atoms with Gasteiger partial charge in [-0.05, 0) is 41.8 Å². The molecule has 3 heterocycles. The van der Waals surface area contributed by atoms with Crippen LogP contribution in [0.3, 0.4) is 0 Å². The zero-order valence-electron chi connectivity index (χ0n) is 18.4. The van der Waals surface area contributed by atoms with Gasteiger partial charge in [0.1, 0.15) is 6.07 Å². The van der Waals surface area contributed by atoms with E-state index in [1.165, 1.54) is 0 Å². The number of benzene rings is 2. The number of hydrogen-bond acceptors (Lipinski definition) is 6. The van der Waals surface area contributed by atoms with Crippen molar-refractivity contribution in [3.8, 4) is 17.3 Å². The van der Waals surface area contributed by atoms with Crippen molar-refractivity contribution >= 4 is 34.8 Å². The summed E-state index contributed by atoms with van der Waals surface area (Å²) in [5.41, 5.74) is 5.09. The topological polar surface area (TPSA) is 99.7 Å². The Morgan fingerprint density at radius 2 is 2.12 bits per heavy atom. The van der Waals surface area contributed by atoms with E-state index in [0.717, 1.165) is 22.4 Å². The normalized spacial score (nSPS) is 12.3. The van der Waals surface area contributed by atoms with Crippen molar-refractivity contribution in [3.63, 3.8) is 0 Å². The number of hydrogen-bond donors (Lipinski definition) is 1. The van der Waals surface area contributed by atoms with Crippen LogP contribution >= 0.6 is 11.6 Å². The third kappa shape index (κ3) is 4.21. The van der Waals surface area contributed by atoms with Crippen LogP contribution in [0.5, 0.6) is 0 Å². The number of halogens is 1. The minimum absolute atomic E-state index is 0.0823. The fourth-order valence-electron chi connectivity index (χ4n) is 4.13. The molecule has 0 saturated heterocycles. The predicted octanol–water partition coefficient (Wildman–Crippen LogP) is 4.28. The van der Waals surface area contributed by atoms with Crippen LogP contribution in [0.4, 0.5) is 17.3 Å². The predicted molar refractivity (Wildman–Crippen MR) is 130 cm³/mol. The summed E-state index contributed by atoms with van der Waals surface area (Å²) in [6, 6.07) is 15.1. The molecule has 0 fully saturated rings. The van der Waals surface area contributed by atoms with Crippen molar-refractivity contribution in [2.24, 2.45) is 7.05 Å². The first-order chi connectivity index (χ1) is 16.5. The summed E-state index contributed by atoms with van der Waals surface area (Å²) in [6.07, 6.45) is 6.03. The minimum atomic E-state index is -0.0823. The quantitative estimate of drug-likeness (QED) is 0.468. The highest BCUT2D eigenvalue weighted by Crippen LogP contribution is 2.36. The van der Waals surface area contributed by atoms with Crippen molar-refractivity contribution in [1.29, 1.82) is 5.26 Å². The molecule has 0 unspecified atom stereocenters. The molecule has 0 atom stereocenters. The number of anilines is 3. The molecule has 2 aromatic heterocycles. The molecule has 9 heteroatoms. The molecule has 34 heavy (non-hydrogen) atoms. The molecule has 1 N–H and O–H groups in total. The molecule has 0 saturated carbocycles. The highest BCUT2D eigenvalue weighted by molar-refractivity contribution is 6.31. The van der Waals surface area contributed by atoms with Crippen LogP contribution in [0.15, 0.2) is 61.1 Å². The number of nitrogens with one attached hydrogen (secondary N) is 1. The Labute approximate surface area is 201 Å². The van der Waals surface area contributed by atoms with Gasteiger partial charge in [0.15, 0.2) is 0 Å². The van der Waals surface area contributed by atoms with Crippen LogP contribution in [0.2, 0.25) is 5.02 Å². The Morgan fingerprint density at radius 1 is 1.26 bits per heavy atom. The van der Waals surface area contributed by atoms with Crippen LogP contribution in [-0.4, -0.2) is 32.2 Å². The summed E-state index contributed by atoms with van der Waals surface area (Å²) in [5.74, 6) is 0.349. The van der Waals surface area contributed by atoms with E-state index in [1.54, 1.807) is 40.2 Å². The molecule has 5 rings (SSSR count). The zero-order chi connectivity index (χ0) is 23.7. The monoisotopic (exact) mass is 469 g/mol. The van der Waals surface area contributed by atoms with E-state index in [0.29, 0.717) is 40.9 Å². The van der Waals surface area contributed by atoms with Gasteiger partial charge < -0.3 is 10.2 Å². The number of aryl methyl sites for hydroxylation is 1. The molecule has 0 spiro atoms. The van der Waals surface area contributed by atoms with Gasteiger partial charge in [0.05, 0.1) is 35.2 Å². The van der Waals surface area contributed by atoms with Crippen LogP contribution in [0.1, 0.15) is 16.7 Å². The fourth-order valence-corrected chi connectivity index (χ4v) is 4.33. The lowest BCUT2D eigenvalue weighted by atomic mass is 10.0. The second-order valence-electron chi connectivity index (χ2n) is 8.00. The van der Waals surface area contributed by atoms with Gasteiger partial charge in [0.2, 0.25) is 11.9 Å². The number of fused-ring (bicyclic) bond motifs is 1. The van der Waals surface area contributed by atoms with E-state index in [4.69, 9.17) is 11.6 Å². The number of carbonyl (C=O) groups excluding carboxylic acids is 1. The second kappa shape index (κ2) is 8.96. The molecule has 4 aromatic rings. The zero-order valence-corrected chi connectivity index (χ0v) is 19.1. The Hall–Kier alpha value is -4.22. The Morgan fingerprint density at radius 3 is 2.88 bits per heavy atom. The molecule has 1 amide bonds. The van der Waals surface area contributed by atoms with E-state index in [-0.39, 0.29) is 12.3 Å². The number of rotatable bonds is 5. The van der Waals surface area contributed by atoms with E-state index >= 15 is 0 Å². The maximum Gasteiger partial charge on any atom is 0.231 e. The molecule has 1 aliphatic heterocycles. The van der Waals surface area contributed by atoms with Crippen LogP contribution < -0.4 is 10.2 Å². The van der Waals surface area contributed by atoms with Crippen molar-refractivity contribution in [2.75, 3.05) is 16.8 Å². The third-order valence-electron chi connectivity index (χ3n) is 5.70. The summed E-state index contributed by atoms with van der Waals surface area (Å²) in [6.45, 7) is 0.522. The molecule has 8 nitrogen and oxygen atoms in total. The lowest BCUT2D eigenvalue weighted by Crippen LogP contribution is -2.31. The average molecular weight is 470 g/mol. The van der Waals surface area contributed by atoms with Crippen LogP contribution in [-0.2, 0) is 24.7 Å². The van der Waals surface area contributed by atoms with Crippen LogP contribution in [0, 0.1) is 11.3 Å². The third-order valence-corrected chi connectivity index (χ3v) is 6.07. The molecule has 168 valence electrons. The summed E-state index contributed by atoms with van der Waals surface area (Å²) in [7, 11) is 1.83. The summed E-state index contributed by atoms with van der Waals surface area (Å²) < 4.78 is 1.69. The highest BCUT2D eigenvalue weighted by Gasteiger charge is 2.29. The van der Waals surface area contributed by atoms with Crippen molar-refractivity contribution in [2.45, 2.75) is 12.8 Å². The lowest BCUT2D eigenvalue weighted by molar-refractivity contribution is -0.117. The minimum Gasteiger partial charge on any atom is -0.321 e. The molecule has 0 radical (unpaired) electrons. The summed E-state index contributed by atoms with van der Waals surface area (Å²) in [4.78, 5) is 23.7. The van der Waals surface area contributed by atoms with Crippen molar-refractivity contribution in [1.82, 2.24) is 19.7 Å². The maximum absolute atomic E-state index is 13.1. The van der Waals surface area contributed by atoms with Gasteiger partial charge >= 0.3 is 0 Å². The van der Waals surface area contributed by atoms with Crippen molar-refractivity contribution in [3.05, 3.63) is 82.8 Å². The summed E-state index contributed by atoms with van der Waals surface area (Å²) >= 11 is 6.24. The smallest absolute Gasteiger partial charge is 0.231 e. The molecule has 0 bridgehead atoms. The van der Waals surface area contributed by atoms with Gasteiger partial charge in [-0.15, -0.1) is 0 Å². The van der Waals surface area contributed by atoms with Gasteiger partial charge in [0.25, 0.3) is 0 Å². The Bertz CT molecular complexity index is 1440. The number of carbonyl (C=O) groups is 1. The largest absolute Gasteiger partial charge is 0.321 e. The van der Waals surface area contributed by atoms with Crippen LogP contribution in [0.25, 0.3) is 11.3 Å². The maximum atomic E-state index is 13.1. The average Bonchev–Trinajstić information content (AvgIpc) is 3.46. The first kappa shape index (κ1) is 21.6. The summed E-state index contributed by atoms with van der Waals surface area (Å²) in [5, 5.41) is 17.7. The van der Waals surface area contributed by atoms with Gasteiger partial charge in [-0.1, -0.05) is 29.8 Å². The van der Waals surface area contributed by atoms with Gasteiger partial charge in [0, 0.05) is 36.6 Å². The molecular weight excluding hydrogens is 450 g/mol. The van der Waals surface area contributed by atoms with Gasteiger partial charge in [-0.3, -0.25) is 9.48 Å². The Balaban J connectivity index is 1.44. The van der Waals surface area contributed by atoms with E-state index in [9.17, 15) is 10.1 Å². The lowest BCUT2D eigenvalue weighted by Gasteiger charge is -2.19. The SMILES string of the molecule is Cn1cc(Nc2nccc(-c3cc(C#N)c4c(c3)CCN4C(=O)Cc3ccccc3Cl)n2)cn1. The van der Waals surface area contributed by atoms with Gasteiger partial charge in [-0.2, -0.15) is 10.4 Å². The fraction of sp³-hybridized carbons (Fsp3) is 0.160. The molecule has 0 aliphatic carbocycles. The first-order valence-electron chi connectivity index (χ1n) is 10.7. The number of nitriles is 1. The molecule has 2 aromatic carbocycles. The molecular formula is C25H20ClN7O. The van der Waals surface area contributed by atoms with Crippen molar-refractivity contribution < 1.29 is 4.79 Å². The number of aromatic nitrogens is 4. The highest BCUT2D eigenvalue weighted by atomic mass is 35.5. The first-order valence-corrected chi connectivity index (χ1v) is 11.1. The Kier molecular flexibility index (Phi) is 5.70. The van der Waals surface area contributed by atoms with E-state index < -0.39 is 0 Å². The standard InChI is InChI=1S/C25H20ClN7O/c1-32-15-20(14-29-32)30-25-28-8-6-22(31-25)18-10-17-7-9-33(24(17)19(11-18)13-27)23(34)12-16-4-2-3-5-21(16)26/h2-6,8,10-11,14-15H,7,9,12H2,1H3,(H,28,30,31). The second-order valence-corrected chi connectivity index (χ2v) is 8.41. The van der Waals surface area contributed by atoms with Gasteiger partial charge in [-0.25, -0.2) is 9.97 Å². The molecule has 1 aliphatic rings.